The first-order chi connectivity index (χ1) is 10.1. The van der Waals surface area contributed by atoms with E-state index in [1.54, 1.807) is 42.5 Å². The molecule has 1 amide bonds. The van der Waals surface area contributed by atoms with Crippen molar-refractivity contribution in [2.75, 3.05) is 5.73 Å². The van der Waals surface area contributed by atoms with Crippen LogP contribution in [0.2, 0.25) is 10.0 Å². The Morgan fingerprint density at radius 3 is 2.62 bits per heavy atom. The molecule has 21 heavy (non-hydrogen) atoms. The van der Waals surface area contributed by atoms with E-state index in [1.165, 1.54) is 6.21 Å². The van der Waals surface area contributed by atoms with Gasteiger partial charge in [0.25, 0.3) is 0 Å². The van der Waals surface area contributed by atoms with E-state index in [-0.39, 0.29) is 12.3 Å². The first-order valence-corrected chi connectivity index (χ1v) is 6.92. The van der Waals surface area contributed by atoms with Crippen LogP contribution in [0.25, 0.3) is 0 Å². The summed E-state index contributed by atoms with van der Waals surface area (Å²) in [6.45, 7) is 0. The molecule has 108 valence electrons. The van der Waals surface area contributed by atoms with Gasteiger partial charge >= 0.3 is 0 Å². The van der Waals surface area contributed by atoms with E-state index < -0.39 is 0 Å². The van der Waals surface area contributed by atoms with Crippen molar-refractivity contribution in [2.24, 2.45) is 5.10 Å². The van der Waals surface area contributed by atoms with E-state index in [0.29, 0.717) is 21.3 Å². The highest BCUT2D eigenvalue weighted by atomic mass is 35.5. The quantitative estimate of drug-likeness (QED) is 0.515. The molecule has 0 aliphatic heterocycles. The SMILES string of the molecule is Nc1ccc(CC(=O)N/N=C\c2cccc(Cl)c2Cl)cc1. The molecule has 0 atom stereocenters. The van der Waals surface area contributed by atoms with Gasteiger partial charge in [-0.3, -0.25) is 4.79 Å². The van der Waals surface area contributed by atoms with Gasteiger partial charge in [-0.15, -0.1) is 0 Å². The molecule has 0 bridgehead atoms. The van der Waals surface area contributed by atoms with Crippen molar-refractivity contribution in [1.29, 1.82) is 0 Å². The Hall–Kier alpha value is -2.04. The van der Waals surface area contributed by atoms with Crippen molar-refractivity contribution in [3.8, 4) is 0 Å². The van der Waals surface area contributed by atoms with E-state index in [9.17, 15) is 4.79 Å². The van der Waals surface area contributed by atoms with Gasteiger partial charge < -0.3 is 5.73 Å². The van der Waals surface area contributed by atoms with Crippen LogP contribution in [0.1, 0.15) is 11.1 Å². The van der Waals surface area contributed by atoms with Crippen LogP contribution < -0.4 is 11.2 Å². The molecule has 0 aliphatic carbocycles. The maximum absolute atomic E-state index is 11.7. The number of benzene rings is 2. The number of nitrogens with one attached hydrogen (secondary N) is 1. The summed E-state index contributed by atoms with van der Waals surface area (Å²) in [4.78, 5) is 11.7. The molecule has 2 rings (SSSR count). The third-order valence-electron chi connectivity index (χ3n) is 2.72. The number of nitrogens with two attached hydrogens (primary N) is 1. The Balaban J connectivity index is 1.93. The number of hydrazone groups is 1. The van der Waals surface area contributed by atoms with Crippen LogP contribution >= 0.6 is 23.2 Å². The normalized spacial score (nSPS) is 10.8. The molecule has 2 aromatic carbocycles. The van der Waals surface area contributed by atoms with Gasteiger partial charge in [-0.1, -0.05) is 47.5 Å². The number of hydrogen-bond donors (Lipinski definition) is 2. The maximum atomic E-state index is 11.7. The Morgan fingerprint density at radius 1 is 1.19 bits per heavy atom. The average molecular weight is 322 g/mol. The molecule has 6 heteroatoms. The maximum Gasteiger partial charge on any atom is 0.244 e. The van der Waals surface area contributed by atoms with E-state index in [2.05, 4.69) is 10.5 Å². The molecule has 0 heterocycles. The largest absolute Gasteiger partial charge is 0.399 e. The summed E-state index contributed by atoms with van der Waals surface area (Å²) < 4.78 is 0. The number of carbonyl (C=O) groups excluding carboxylic acids is 1. The molecule has 0 aliphatic rings. The molecular formula is C15H13Cl2N3O. The van der Waals surface area contributed by atoms with Gasteiger partial charge in [0.05, 0.1) is 22.7 Å². The topological polar surface area (TPSA) is 67.5 Å². The molecule has 2 aromatic rings. The Morgan fingerprint density at radius 2 is 1.90 bits per heavy atom. The number of amides is 1. The minimum atomic E-state index is -0.228. The molecule has 0 aromatic heterocycles. The fourth-order valence-electron chi connectivity index (χ4n) is 1.65. The van der Waals surface area contributed by atoms with Crippen LogP contribution in [-0.2, 0) is 11.2 Å². The Kier molecular flexibility index (Phi) is 5.20. The van der Waals surface area contributed by atoms with Gasteiger partial charge in [0.1, 0.15) is 0 Å². The summed E-state index contributed by atoms with van der Waals surface area (Å²) >= 11 is 11.9. The van der Waals surface area contributed by atoms with Gasteiger partial charge in [-0.2, -0.15) is 5.10 Å². The zero-order valence-electron chi connectivity index (χ0n) is 11.0. The van der Waals surface area contributed by atoms with Crippen LogP contribution in [0.3, 0.4) is 0 Å². The zero-order chi connectivity index (χ0) is 15.2. The van der Waals surface area contributed by atoms with Crippen LogP contribution in [0, 0.1) is 0 Å². The zero-order valence-corrected chi connectivity index (χ0v) is 12.5. The van der Waals surface area contributed by atoms with Crippen molar-refractivity contribution in [3.05, 3.63) is 63.6 Å². The molecule has 4 nitrogen and oxygen atoms in total. The van der Waals surface area contributed by atoms with Crippen LogP contribution in [0.5, 0.6) is 0 Å². The Bertz CT molecular complexity index is 669. The third-order valence-corrected chi connectivity index (χ3v) is 3.55. The summed E-state index contributed by atoms with van der Waals surface area (Å²) in [6, 6.07) is 12.3. The standard InChI is InChI=1S/C15H13Cl2N3O/c16-13-3-1-2-11(15(13)17)9-19-20-14(21)8-10-4-6-12(18)7-5-10/h1-7,9H,8,18H2,(H,20,21)/b19-9-. The minimum Gasteiger partial charge on any atom is -0.399 e. The molecule has 0 saturated heterocycles. The number of carbonyl (C=O) groups is 1. The number of anilines is 1. The smallest absolute Gasteiger partial charge is 0.244 e. The molecule has 0 radical (unpaired) electrons. The summed E-state index contributed by atoms with van der Waals surface area (Å²) in [5.74, 6) is -0.228. The van der Waals surface area contributed by atoms with Crippen LogP contribution in [0.15, 0.2) is 47.6 Å². The van der Waals surface area contributed by atoms with Crippen LogP contribution in [0.4, 0.5) is 5.69 Å². The molecular weight excluding hydrogens is 309 g/mol. The van der Waals surface area contributed by atoms with Gasteiger partial charge in [-0.05, 0) is 23.8 Å². The third kappa shape index (κ3) is 4.48. The summed E-state index contributed by atoms with van der Waals surface area (Å²) in [5, 5.41) is 4.70. The number of hydrogen-bond acceptors (Lipinski definition) is 3. The predicted molar refractivity (Wildman–Crippen MR) is 86.8 cm³/mol. The fourth-order valence-corrected chi connectivity index (χ4v) is 2.01. The number of nitrogens with zero attached hydrogens (tertiary/aromatic N) is 1. The van der Waals surface area contributed by atoms with Gasteiger partial charge in [0, 0.05) is 11.3 Å². The van der Waals surface area contributed by atoms with Crippen molar-refractivity contribution in [3.63, 3.8) is 0 Å². The predicted octanol–water partition coefficient (Wildman–Crippen LogP) is 3.27. The number of rotatable bonds is 4. The van der Waals surface area contributed by atoms with E-state index in [1.807, 2.05) is 0 Å². The lowest BCUT2D eigenvalue weighted by atomic mass is 10.1. The monoisotopic (exact) mass is 321 g/mol. The van der Waals surface area contributed by atoms with Gasteiger partial charge in [0.15, 0.2) is 0 Å². The molecule has 0 spiro atoms. The van der Waals surface area contributed by atoms with Gasteiger partial charge in [-0.25, -0.2) is 5.43 Å². The number of halogens is 2. The second-order valence-electron chi connectivity index (χ2n) is 4.35. The highest BCUT2D eigenvalue weighted by Gasteiger charge is 2.03. The summed E-state index contributed by atoms with van der Waals surface area (Å²) in [7, 11) is 0. The van der Waals surface area contributed by atoms with Crippen molar-refractivity contribution in [2.45, 2.75) is 6.42 Å². The number of nitrogen functional groups attached to an aromatic ring is 1. The summed E-state index contributed by atoms with van der Waals surface area (Å²) in [6.07, 6.45) is 1.68. The minimum absolute atomic E-state index is 0.223. The van der Waals surface area contributed by atoms with Crippen molar-refractivity contribution >= 4 is 41.0 Å². The molecule has 0 unspecified atom stereocenters. The van der Waals surface area contributed by atoms with Crippen molar-refractivity contribution < 1.29 is 4.79 Å². The first-order valence-electron chi connectivity index (χ1n) is 6.16. The first kappa shape index (κ1) is 15.4. The average Bonchev–Trinajstić information content (AvgIpc) is 2.46. The van der Waals surface area contributed by atoms with Gasteiger partial charge in [0.2, 0.25) is 5.91 Å². The van der Waals surface area contributed by atoms with Crippen molar-refractivity contribution in [1.82, 2.24) is 5.43 Å². The molecule has 3 N–H and O–H groups in total. The molecule has 0 fully saturated rings. The lowest BCUT2D eigenvalue weighted by molar-refractivity contribution is -0.120. The van der Waals surface area contributed by atoms with E-state index >= 15 is 0 Å². The summed E-state index contributed by atoms with van der Waals surface area (Å²) in [5.41, 5.74) is 10.2. The lowest BCUT2D eigenvalue weighted by Crippen LogP contribution is -2.19. The second-order valence-corrected chi connectivity index (χ2v) is 5.14. The Labute approximate surface area is 132 Å². The fraction of sp³-hybridized carbons (Fsp3) is 0.0667. The highest BCUT2D eigenvalue weighted by molar-refractivity contribution is 6.43. The lowest BCUT2D eigenvalue weighted by Gasteiger charge is -2.02. The second kappa shape index (κ2) is 7.11. The molecule has 0 saturated carbocycles. The van der Waals surface area contributed by atoms with E-state index in [4.69, 9.17) is 28.9 Å². The van der Waals surface area contributed by atoms with E-state index in [0.717, 1.165) is 5.56 Å². The van der Waals surface area contributed by atoms with Crippen LogP contribution in [-0.4, -0.2) is 12.1 Å². The highest BCUT2D eigenvalue weighted by Crippen LogP contribution is 2.24.